The summed E-state index contributed by atoms with van der Waals surface area (Å²) in [6.45, 7) is -2.58. The van der Waals surface area contributed by atoms with Crippen molar-refractivity contribution >= 4 is 11.7 Å². The van der Waals surface area contributed by atoms with Crippen molar-refractivity contribution in [2.75, 3.05) is 38.8 Å². The van der Waals surface area contributed by atoms with Gasteiger partial charge in [-0.15, -0.1) is 0 Å². The van der Waals surface area contributed by atoms with Crippen molar-refractivity contribution in [3.05, 3.63) is 23.8 Å². The third-order valence-electron chi connectivity index (χ3n) is 3.02. The van der Waals surface area contributed by atoms with Crippen LogP contribution >= 0.6 is 0 Å². The largest absolute Gasteiger partial charge is 0.489 e. The third-order valence-corrected chi connectivity index (χ3v) is 3.02. The molecule has 0 atom stereocenters. The highest BCUT2D eigenvalue weighted by molar-refractivity contribution is 5.76. The Morgan fingerprint density at radius 2 is 1.81 bits per heavy atom. The van der Waals surface area contributed by atoms with E-state index in [9.17, 15) is 35.5 Å². The minimum absolute atomic E-state index is 0.0123. The molecule has 0 spiro atoms. The van der Waals surface area contributed by atoms with Crippen LogP contribution < -0.4 is 10.1 Å². The van der Waals surface area contributed by atoms with Gasteiger partial charge in [-0.2, -0.15) is 22.0 Å². The van der Waals surface area contributed by atoms with E-state index in [2.05, 4.69) is 10.1 Å². The van der Waals surface area contributed by atoms with Crippen LogP contribution in [-0.4, -0.2) is 51.8 Å². The molecule has 1 N–H and O–H groups in total. The van der Waals surface area contributed by atoms with Gasteiger partial charge in [-0.25, -0.2) is 8.78 Å². The number of anilines is 1. The molecule has 0 saturated carbocycles. The number of carbonyl (C=O) groups excluding carboxylic acids is 1. The Hall–Kier alpha value is -2.24. The van der Waals surface area contributed by atoms with Gasteiger partial charge in [-0.3, -0.25) is 4.79 Å². The molecule has 1 rings (SSSR count). The Morgan fingerprint density at radius 3 is 2.37 bits per heavy atom. The van der Waals surface area contributed by atoms with Crippen LogP contribution in [0.2, 0.25) is 0 Å². The molecule has 27 heavy (non-hydrogen) atoms. The second kappa shape index (κ2) is 9.62. The Morgan fingerprint density at radius 1 is 1.15 bits per heavy atom. The number of ether oxygens (including phenoxy) is 3. The average Bonchev–Trinajstić information content (AvgIpc) is 2.58. The van der Waals surface area contributed by atoms with Gasteiger partial charge in [0, 0.05) is 7.11 Å². The molecule has 0 aliphatic carbocycles. The Labute approximate surface area is 149 Å². The summed E-state index contributed by atoms with van der Waals surface area (Å²) in [4.78, 5) is 11.4. The van der Waals surface area contributed by atoms with Crippen LogP contribution in [0.5, 0.6) is 5.75 Å². The van der Waals surface area contributed by atoms with E-state index in [-0.39, 0.29) is 24.7 Å². The lowest BCUT2D eigenvalue weighted by Crippen LogP contribution is -2.34. The number of esters is 1. The maximum Gasteiger partial charge on any atom is 0.416 e. The normalized spacial score (nSPS) is 12.2. The quantitative estimate of drug-likeness (QED) is 0.365. The van der Waals surface area contributed by atoms with Crippen molar-refractivity contribution in [3.63, 3.8) is 0 Å². The van der Waals surface area contributed by atoms with E-state index in [1.807, 2.05) is 0 Å². The molecule has 0 bridgehead atoms. The molecule has 12 heteroatoms. The number of hydrogen-bond acceptors (Lipinski definition) is 5. The highest BCUT2D eigenvalue weighted by Gasteiger charge is 2.42. The van der Waals surface area contributed by atoms with Crippen LogP contribution in [-0.2, 0) is 20.4 Å². The van der Waals surface area contributed by atoms with Gasteiger partial charge in [0.15, 0.2) is 6.61 Å². The lowest BCUT2D eigenvalue weighted by molar-refractivity contribution is -0.178. The molecule has 0 fully saturated rings. The molecular weight excluding hydrogens is 391 g/mol. The van der Waals surface area contributed by atoms with Gasteiger partial charge in [0.1, 0.15) is 18.9 Å². The van der Waals surface area contributed by atoms with Crippen LogP contribution in [0.1, 0.15) is 5.56 Å². The topological polar surface area (TPSA) is 56.8 Å². The number of alkyl halides is 7. The van der Waals surface area contributed by atoms with E-state index >= 15 is 0 Å². The standard InChI is InChI=1S/C15H16F7NO4/c1-25-4-5-26-11-3-2-9(15(20,21)22)6-10(11)23-7-12(24)27-8-14(18,19)13(16)17/h2-3,6,13,23H,4-5,7-8H2,1H3. The number of methoxy groups -OCH3 is 1. The lowest BCUT2D eigenvalue weighted by Gasteiger charge is -2.17. The molecule has 0 saturated heterocycles. The first-order chi connectivity index (χ1) is 12.5. The lowest BCUT2D eigenvalue weighted by atomic mass is 10.1. The molecule has 0 radical (unpaired) electrons. The van der Waals surface area contributed by atoms with Crippen LogP contribution in [0.15, 0.2) is 18.2 Å². The first kappa shape index (κ1) is 22.8. The first-order valence-corrected chi connectivity index (χ1v) is 7.36. The molecule has 0 aromatic heterocycles. The smallest absolute Gasteiger partial charge is 0.416 e. The van der Waals surface area contributed by atoms with E-state index in [4.69, 9.17) is 9.47 Å². The molecule has 1 aromatic rings. The summed E-state index contributed by atoms with van der Waals surface area (Å²) in [5, 5.41) is 2.25. The van der Waals surface area contributed by atoms with Crippen LogP contribution in [0, 0.1) is 0 Å². The maximum atomic E-state index is 12.8. The Bertz CT molecular complexity index is 623. The fourth-order valence-electron chi connectivity index (χ4n) is 1.66. The molecule has 154 valence electrons. The number of nitrogens with one attached hydrogen (secondary N) is 1. The highest BCUT2D eigenvalue weighted by atomic mass is 19.4. The van der Waals surface area contributed by atoms with E-state index in [1.54, 1.807) is 0 Å². The van der Waals surface area contributed by atoms with Gasteiger partial charge in [0.05, 0.1) is 17.9 Å². The summed E-state index contributed by atoms with van der Waals surface area (Å²) < 4.78 is 102. The zero-order valence-corrected chi connectivity index (χ0v) is 13.9. The summed E-state index contributed by atoms with van der Waals surface area (Å²) in [6, 6.07) is 2.38. The predicted molar refractivity (Wildman–Crippen MR) is 79.2 cm³/mol. The first-order valence-electron chi connectivity index (χ1n) is 7.36. The number of benzene rings is 1. The van der Waals surface area contributed by atoms with Crippen LogP contribution in [0.25, 0.3) is 0 Å². The average molecular weight is 407 g/mol. The van der Waals surface area contributed by atoms with Gasteiger partial charge in [-0.05, 0) is 18.2 Å². The van der Waals surface area contributed by atoms with Crippen molar-refractivity contribution < 1.29 is 49.7 Å². The minimum atomic E-state index is -4.68. The minimum Gasteiger partial charge on any atom is -0.489 e. The number of hydrogen-bond donors (Lipinski definition) is 1. The van der Waals surface area contributed by atoms with Crippen LogP contribution in [0.3, 0.4) is 0 Å². The fourth-order valence-corrected chi connectivity index (χ4v) is 1.66. The van der Waals surface area contributed by atoms with Gasteiger partial charge < -0.3 is 19.5 Å². The second-order valence-corrected chi connectivity index (χ2v) is 5.13. The molecule has 0 heterocycles. The SMILES string of the molecule is COCCOc1ccc(C(F)(F)F)cc1NCC(=O)OCC(F)(F)C(F)F. The highest BCUT2D eigenvalue weighted by Crippen LogP contribution is 2.35. The Kier molecular flexibility index (Phi) is 8.13. The van der Waals surface area contributed by atoms with Crippen molar-refractivity contribution in [1.29, 1.82) is 0 Å². The van der Waals surface area contributed by atoms with Crippen LogP contribution in [0.4, 0.5) is 36.4 Å². The molecule has 0 aliphatic heterocycles. The van der Waals surface area contributed by atoms with Crippen molar-refractivity contribution in [3.8, 4) is 5.75 Å². The monoisotopic (exact) mass is 407 g/mol. The van der Waals surface area contributed by atoms with E-state index in [0.29, 0.717) is 6.07 Å². The molecule has 0 amide bonds. The maximum absolute atomic E-state index is 12.8. The van der Waals surface area contributed by atoms with Crippen molar-refractivity contribution in [2.24, 2.45) is 0 Å². The van der Waals surface area contributed by atoms with Gasteiger partial charge in [0.25, 0.3) is 0 Å². The number of halogens is 7. The number of carbonyl (C=O) groups is 1. The van der Waals surface area contributed by atoms with E-state index in [1.165, 1.54) is 7.11 Å². The van der Waals surface area contributed by atoms with Gasteiger partial charge in [0.2, 0.25) is 0 Å². The van der Waals surface area contributed by atoms with E-state index < -0.39 is 43.2 Å². The molecule has 5 nitrogen and oxygen atoms in total. The number of rotatable bonds is 10. The Balaban J connectivity index is 2.78. The summed E-state index contributed by atoms with van der Waals surface area (Å²) in [5.41, 5.74) is -1.32. The summed E-state index contributed by atoms with van der Waals surface area (Å²) in [7, 11) is 1.38. The molecule has 0 unspecified atom stereocenters. The van der Waals surface area contributed by atoms with E-state index in [0.717, 1.165) is 12.1 Å². The predicted octanol–water partition coefficient (Wildman–Crippen LogP) is 3.59. The third kappa shape index (κ3) is 7.49. The second-order valence-electron chi connectivity index (χ2n) is 5.13. The molecular formula is C15H16F7NO4. The van der Waals surface area contributed by atoms with Gasteiger partial charge >= 0.3 is 24.5 Å². The van der Waals surface area contributed by atoms with Crippen molar-refractivity contribution in [2.45, 2.75) is 18.5 Å². The summed E-state index contributed by atoms with van der Waals surface area (Å²) in [6.07, 6.45) is -8.70. The zero-order chi connectivity index (χ0) is 20.7. The molecule has 1 aromatic carbocycles. The van der Waals surface area contributed by atoms with Gasteiger partial charge in [-0.1, -0.05) is 0 Å². The molecule has 0 aliphatic rings. The zero-order valence-electron chi connectivity index (χ0n) is 13.9. The fraction of sp³-hybridized carbons (Fsp3) is 0.533. The summed E-state index contributed by atoms with van der Waals surface area (Å²) in [5.74, 6) is -5.96. The van der Waals surface area contributed by atoms with Crippen molar-refractivity contribution in [1.82, 2.24) is 0 Å². The summed E-state index contributed by atoms with van der Waals surface area (Å²) >= 11 is 0.